The third-order valence-corrected chi connectivity index (χ3v) is 4.95. The summed E-state index contributed by atoms with van der Waals surface area (Å²) in [5, 5.41) is 5.17. The van der Waals surface area contributed by atoms with Gasteiger partial charge in [0.05, 0.1) is 4.90 Å². The van der Waals surface area contributed by atoms with E-state index in [4.69, 9.17) is 5.14 Å². The number of hydrogen-bond acceptors (Lipinski definition) is 3. The van der Waals surface area contributed by atoms with Gasteiger partial charge in [-0.3, -0.25) is 0 Å². The lowest BCUT2D eigenvalue weighted by Crippen LogP contribution is -2.29. The Bertz CT molecular complexity index is 821. The van der Waals surface area contributed by atoms with Crippen LogP contribution in [-0.4, -0.2) is 14.5 Å². The Morgan fingerprint density at radius 1 is 1.27 bits per heavy atom. The lowest BCUT2D eigenvalue weighted by atomic mass is 10.1. The predicted octanol–water partition coefficient (Wildman–Crippen LogP) is 2.42. The molecule has 2 aromatic carbocycles. The fraction of sp³-hybridized carbons (Fsp3) is 0.250. The van der Waals surface area contributed by atoms with Crippen LogP contribution in [-0.2, 0) is 23.0 Å². The first-order chi connectivity index (χ1) is 10.4. The van der Waals surface area contributed by atoms with Gasteiger partial charge in [0.1, 0.15) is 5.82 Å². The van der Waals surface area contributed by atoms with Gasteiger partial charge in [0, 0.05) is 23.8 Å². The Morgan fingerprint density at radius 3 is 2.68 bits per heavy atom. The van der Waals surface area contributed by atoms with Crippen molar-refractivity contribution >= 4 is 15.7 Å². The highest BCUT2D eigenvalue weighted by molar-refractivity contribution is 7.89. The molecular weight excluding hydrogens is 303 g/mol. The van der Waals surface area contributed by atoms with Crippen LogP contribution in [0.25, 0.3) is 0 Å². The number of benzene rings is 2. The molecule has 0 spiro atoms. The molecule has 2 aromatic rings. The molecule has 6 heteroatoms. The van der Waals surface area contributed by atoms with E-state index in [9.17, 15) is 12.8 Å². The molecule has 0 bridgehead atoms. The fourth-order valence-corrected chi connectivity index (χ4v) is 3.46. The third kappa shape index (κ3) is 2.71. The molecule has 2 N–H and O–H groups in total. The summed E-state index contributed by atoms with van der Waals surface area (Å²) in [7, 11) is -3.70. The second-order valence-corrected chi connectivity index (χ2v) is 7.17. The Hall–Kier alpha value is -1.92. The number of anilines is 1. The minimum atomic E-state index is -3.70. The smallest absolute Gasteiger partial charge is 0.238 e. The Kier molecular flexibility index (Phi) is 3.66. The van der Waals surface area contributed by atoms with Gasteiger partial charge in [-0.15, -0.1) is 0 Å². The van der Waals surface area contributed by atoms with Crippen LogP contribution in [0, 0.1) is 5.82 Å². The van der Waals surface area contributed by atoms with Gasteiger partial charge in [0.25, 0.3) is 0 Å². The molecule has 0 saturated carbocycles. The molecule has 4 nitrogen and oxygen atoms in total. The summed E-state index contributed by atoms with van der Waals surface area (Å²) in [5.74, 6) is -0.232. The number of nitrogens with zero attached hydrogens (tertiary/aromatic N) is 1. The number of primary sulfonamides is 1. The lowest BCUT2D eigenvalue weighted by Gasteiger charge is -2.25. The number of sulfonamides is 1. The first-order valence-corrected chi connectivity index (χ1v) is 8.56. The second kappa shape index (κ2) is 5.37. The van der Waals surface area contributed by atoms with Crippen molar-refractivity contribution in [3.05, 3.63) is 59.4 Å². The fourth-order valence-electron chi connectivity index (χ4n) is 2.90. The van der Waals surface area contributed by atoms with Crippen LogP contribution >= 0.6 is 0 Å². The first kappa shape index (κ1) is 15.0. The van der Waals surface area contributed by atoms with Crippen LogP contribution in [0.1, 0.15) is 18.1 Å². The topological polar surface area (TPSA) is 63.4 Å². The predicted molar refractivity (Wildman–Crippen MR) is 83.6 cm³/mol. The highest BCUT2D eigenvalue weighted by Gasteiger charge is 2.27. The van der Waals surface area contributed by atoms with E-state index in [2.05, 4.69) is 4.90 Å². The average molecular weight is 320 g/mol. The molecule has 0 radical (unpaired) electrons. The maximum atomic E-state index is 13.8. The number of nitrogens with two attached hydrogens (primary N) is 1. The molecule has 3 rings (SSSR count). The zero-order valence-electron chi connectivity index (χ0n) is 12.2. The van der Waals surface area contributed by atoms with Crippen molar-refractivity contribution in [3.63, 3.8) is 0 Å². The van der Waals surface area contributed by atoms with E-state index in [1.807, 2.05) is 13.0 Å². The standard InChI is InChI=1S/C16H17FN2O2S/c1-11-8-13-9-14(22(18,20)21)6-7-16(13)19(11)10-12-4-2-3-5-15(12)17/h2-7,9,11H,8,10H2,1H3,(H2,18,20,21)/t11-/m0/s1. The minimum absolute atomic E-state index is 0.117. The summed E-state index contributed by atoms with van der Waals surface area (Å²) in [6.45, 7) is 2.49. The Balaban J connectivity index is 1.95. The molecule has 22 heavy (non-hydrogen) atoms. The highest BCUT2D eigenvalue weighted by atomic mass is 32.2. The number of hydrogen-bond donors (Lipinski definition) is 1. The van der Waals surface area contributed by atoms with Crippen LogP contribution in [0.3, 0.4) is 0 Å². The van der Waals surface area contributed by atoms with Crippen molar-refractivity contribution in [2.45, 2.75) is 30.8 Å². The van der Waals surface area contributed by atoms with Gasteiger partial charge in [0.2, 0.25) is 10.0 Å². The third-order valence-electron chi connectivity index (χ3n) is 4.03. The van der Waals surface area contributed by atoms with E-state index in [1.165, 1.54) is 12.1 Å². The largest absolute Gasteiger partial charge is 0.364 e. The van der Waals surface area contributed by atoms with Crippen molar-refractivity contribution in [1.82, 2.24) is 0 Å². The molecule has 0 saturated heterocycles. The number of halogens is 1. The van der Waals surface area contributed by atoms with Crippen LogP contribution < -0.4 is 10.0 Å². The quantitative estimate of drug-likeness (QED) is 0.944. The molecule has 0 fully saturated rings. The van der Waals surface area contributed by atoms with Gasteiger partial charge in [-0.05, 0) is 43.2 Å². The lowest BCUT2D eigenvalue weighted by molar-refractivity contribution is 0.593. The molecule has 1 aliphatic rings. The van der Waals surface area contributed by atoms with E-state index in [1.54, 1.807) is 24.3 Å². The molecule has 116 valence electrons. The maximum absolute atomic E-state index is 13.8. The van der Waals surface area contributed by atoms with E-state index in [-0.39, 0.29) is 16.8 Å². The van der Waals surface area contributed by atoms with Gasteiger partial charge < -0.3 is 4.90 Å². The SMILES string of the molecule is C[C@H]1Cc2cc(S(N)(=O)=O)ccc2N1Cc1ccccc1F. The van der Waals surface area contributed by atoms with Crippen LogP contribution in [0.5, 0.6) is 0 Å². The molecule has 0 amide bonds. The van der Waals surface area contributed by atoms with Gasteiger partial charge in [-0.1, -0.05) is 18.2 Å². The summed E-state index contributed by atoms with van der Waals surface area (Å²) in [4.78, 5) is 2.20. The van der Waals surface area contributed by atoms with Crippen molar-refractivity contribution in [2.24, 2.45) is 5.14 Å². The van der Waals surface area contributed by atoms with Gasteiger partial charge in [-0.25, -0.2) is 17.9 Å². The number of fused-ring (bicyclic) bond motifs is 1. The monoisotopic (exact) mass is 320 g/mol. The van der Waals surface area contributed by atoms with Crippen LogP contribution in [0.4, 0.5) is 10.1 Å². The summed E-state index contributed by atoms with van der Waals surface area (Å²) in [6, 6.07) is 11.7. The van der Waals surface area contributed by atoms with E-state index >= 15 is 0 Å². The molecular formula is C16H17FN2O2S. The first-order valence-electron chi connectivity index (χ1n) is 7.02. The van der Waals surface area contributed by atoms with Crippen molar-refractivity contribution in [2.75, 3.05) is 4.90 Å². The summed E-state index contributed by atoms with van der Waals surface area (Å²) in [6.07, 6.45) is 0.715. The number of rotatable bonds is 3. The van der Waals surface area contributed by atoms with E-state index < -0.39 is 10.0 Å². The second-order valence-electron chi connectivity index (χ2n) is 5.61. The highest BCUT2D eigenvalue weighted by Crippen LogP contribution is 2.35. The molecule has 0 aliphatic carbocycles. The molecule has 1 atom stereocenters. The Labute approximate surface area is 129 Å². The average Bonchev–Trinajstić information content (AvgIpc) is 2.76. The summed E-state index contributed by atoms with van der Waals surface area (Å²) < 4.78 is 36.7. The van der Waals surface area contributed by atoms with Crippen LogP contribution in [0.2, 0.25) is 0 Å². The molecule has 0 aromatic heterocycles. The van der Waals surface area contributed by atoms with Gasteiger partial charge in [0.15, 0.2) is 0 Å². The normalized spacial score (nSPS) is 17.6. The van der Waals surface area contributed by atoms with E-state index in [0.717, 1.165) is 11.3 Å². The molecule has 1 heterocycles. The zero-order valence-corrected chi connectivity index (χ0v) is 13.0. The van der Waals surface area contributed by atoms with Crippen molar-refractivity contribution < 1.29 is 12.8 Å². The summed E-state index contributed by atoms with van der Waals surface area (Å²) in [5.41, 5.74) is 2.48. The molecule has 0 unspecified atom stereocenters. The summed E-state index contributed by atoms with van der Waals surface area (Å²) >= 11 is 0. The molecule has 1 aliphatic heterocycles. The van der Waals surface area contributed by atoms with Crippen molar-refractivity contribution in [1.29, 1.82) is 0 Å². The van der Waals surface area contributed by atoms with Crippen molar-refractivity contribution in [3.8, 4) is 0 Å². The van der Waals surface area contributed by atoms with Gasteiger partial charge >= 0.3 is 0 Å². The maximum Gasteiger partial charge on any atom is 0.238 e. The zero-order chi connectivity index (χ0) is 15.9. The van der Waals surface area contributed by atoms with Crippen LogP contribution in [0.15, 0.2) is 47.4 Å². The Morgan fingerprint density at radius 2 is 2.00 bits per heavy atom. The minimum Gasteiger partial charge on any atom is -0.364 e. The van der Waals surface area contributed by atoms with E-state index in [0.29, 0.717) is 18.5 Å². The van der Waals surface area contributed by atoms with Gasteiger partial charge in [-0.2, -0.15) is 0 Å².